The third-order valence-corrected chi connectivity index (χ3v) is 1.79. The summed E-state index contributed by atoms with van der Waals surface area (Å²) in [5.41, 5.74) is 1.07. The van der Waals surface area contributed by atoms with Gasteiger partial charge in [0.05, 0.1) is 0 Å². The summed E-state index contributed by atoms with van der Waals surface area (Å²) in [6, 6.07) is 6.98. The van der Waals surface area contributed by atoms with Crippen molar-refractivity contribution < 1.29 is 14.9 Å². The lowest BCUT2D eigenvalue weighted by Gasteiger charge is -2.00. The van der Waals surface area contributed by atoms with E-state index in [4.69, 9.17) is 5.26 Å². The zero-order valence-corrected chi connectivity index (χ0v) is 7.49. The van der Waals surface area contributed by atoms with Crippen LogP contribution >= 0.6 is 0 Å². The molecule has 0 aliphatic rings. The fraction of sp³-hybridized carbons (Fsp3) is 0.300. The van der Waals surface area contributed by atoms with Gasteiger partial charge in [-0.3, -0.25) is 0 Å². The summed E-state index contributed by atoms with van der Waals surface area (Å²) < 4.78 is 0. The van der Waals surface area contributed by atoms with Crippen molar-refractivity contribution in [3.05, 3.63) is 29.8 Å². The largest absolute Gasteiger partial charge is 0.340 e. The second-order valence-corrected chi connectivity index (χ2v) is 2.94. The molecule has 0 saturated heterocycles. The molecule has 70 valence electrons. The molecule has 0 aromatic heterocycles. The molecule has 0 spiro atoms. The Labute approximate surface area is 76.9 Å². The Hall–Kier alpha value is -1.35. The van der Waals surface area contributed by atoms with Crippen LogP contribution in [0.15, 0.2) is 24.3 Å². The van der Waals surface area contributed by atoms with Crippen molar-refractivity contribution in [3.8, 4) is 5.75 Å². The highest BCUT2D eigenvalue weighted by molar-refractivity contribution is 5.75. The van der Waals surface area contributed by atoms with E-state index in [1.807, 2.05) is 12.1 Å². The van der Waals surface area contributed by atoms with Gasteiger partial charge in [0.25, 0.3) is 0 Å². The van der Waals surface area contributed by atoms with Crippen molar-refractivity contribution in [2.45, 2.75) is 19.8 Å². The van der Waals surface area contributed by atoms with Gasteiger partial charge in [-0.25, -0.2) is 5.26 Å². The van der Waals surface area contributed by atoms with Gasteiger partial charge in [-0.05, 0) is 31.0 Å². The molecule has 0 atom stereocenters. The average Bonchev–Trinajstić information content (AvgIpc) is 2.15. The van der Waals surface area contributed by atoms with E-state index in [0.717, 1.165) is 12.0 Å². The molecule has 0 fully saturated rings. The molecule has 3 heteroatoms. The van der Waals surface area contributed by atoms with Crippen LogP contribution in [0.3, 0.4) is 0 Å². The SMILES string of the molecule is CC(=O)CCc1ccc(OO)cc1. The van der Waals surface area contributed by atoms with E-state index in [9.17, 15) is 4.79 Å². The van der Waals surface area contributed by atoms with E-state index in [1.165, 1.54) is 0 Å². The Morgan fingerprint density at radius 1 is 1.38 bits per heavy atom. The third kappa shape index (κ3) is 3.25. The monoisotopic (exact) mass is 180 g/mol. The Morgan fingerprint density at radius 2 is 2.00 bits per heavy atom. The van der Waals surface area contributed by atoms with Gasteiger partial charge in [0, 0.05) is 6.42 Å². The lowest BCUT2D eigenvalue weighted by atomic mass is 10.1. The topological polar surface area (TPSA) is 46.5 Å². The Balaban J connectivity index is 2.54. The molecule has 0 amide bonds. The first-order chi connectivity index (χ1) is 6.22. The predicted octanol–water partition coefficient (Wildman–Crippen LogP) is 2.06. The minimum Gasteiger partial charge on any atom is -0.340 e. The minimum atomic E-state index is 0.183. The molecule has 0 saturated carbocycles. The Morgan fingerprint density at radius 3 is 2.46 bits per heavy atom. The number of carbonyl (C=O) groups is 1. The summed E-state index contributed by atoms with van der Waals surface area (Å²) in [5, 5.41) is 8.29. The first kappa shape index (κ1) is 9.74. The molecule has 0 aliphatic carbocycles. The summed E-state index contributed by atoms with van der Waals surface area (Å²) >= 11 is 0. The summed E-state index contributed by atoms with van der Waals surface area (Å²) in [6.07, 6.45) is 1.29. The molecule has 0 heterocycles. The zero-order chi connectivity index (χ0) is 9.68. The number of Topliss-reactive ketones (excluding diaryl/α,β-unsaturated/α-hetero) is 1. The molecular formula is C10H12O3. The number of rotatable bonds is 4. The number of benzene rings is 1. The van der Waals surface area contributed by atoms with Crippen molar-refractivity contribution in [2.75, 3.05) is 0 Å². The van der Waals surface area contributed by atoms with Crippen molar-refractivity contribution in [2.24, 2.45) is 0 Å². The van der Waals surface area contributed by atoms with Crippen LogP contribution in [0.25, 0.3) is 0 Å². The van der Waals surface area contributed by atoms with E-state index in [0.29, 0.717) is 12.2 Å². The number of ketones is 1. The number of aryl methyl sites for hydroxylation is 1. The Bertz CT molecular complexity index is 277. The molecule has 0 aliphatic heterocycles. The van der Waals surface area contributed by atoms with Gasteiger partial charge in [-0.2, -0.15) is 0 Å². The van der Waals surface area contributed by atoms with E-state index >= 15 is 0 Å². The van der Waals surface area contributed by atoms with Crippen molar-refractivity contribution in [1.82, 2.24) is 0 Å². The molecule has 3 nitrogen and oxygen atoms in total. The van der Waals surface area contributed by atoms with Gasteiger partial charge in [-0.1, -0.05) is 12.1 Å². The first-order valence-electron chi connectivity index (χ1n) is 4.12. The third-order valence-electron chi connectivity index (χ3n) is 1.79. The molecule has 0 bridgehead atoms. The summed E-state index contributed by atoms with van der Waals surface area (Å²) in [5.74, 6) is 0.592. The lowest BCUT2D eigenvalue weighted by Crippen LogP contribution is -1.93. The Kier molecular flexibility index (Phi) is 3.46. The van der Waals surface area contributed by atoms with Crippen LogP contribution in [0.5, 0.6) is 5.75 Å². The first-order valence-corrected chi connectivity index (χ1v) is 4.12. The standard InChI is InChI=1S/C10H12O3/c1-8(11)2-3-9-4-6-10(13-12)7-5-9/h4-7,12H,2-3H2,1H3. The van der Waals surface area contributed by atoms with Crippen LogP contribution in [-0.2, 0) is 11.2 Å². The van der Waals surface area contributed by atoms with E-state index in [-0.39, 0.29) is 5.78 Å². The average molecular weight is 180 g/mol. The maximum absolute atomic E-state index is 10.7. The van der Waals surface area contributed by atoms with Crippen LogP contribution in [0.1, 0.15) is 18.9 Å². The minimum absolute atomic E-state index is 0.183. The van der Waals surface area contributed by atoms with Crippen molar-refractivity contribution in [3.63, 3.8) is 0 Å². The fourth-order valence-corrected chi connectivity index (χ4v) is 1.04. The van der Waals surface area contributed by atoms with Crippen molar-refractivity contribution >= 4 is 5.78 Å². The maximum Gasteiger partial charge on any atom is 0.165 e. The van der Waals surface area contributed by atoms with Crippen LogP contribution in [0.4, 0.5) is 0 Å². The highest BCUT2D eigenvalue weighted by atomic mass is 17.1. The van der Waals surface area contributed by atoms with Crippen LogP contribution in [0.2, 0.25) is 0 Å². The molecule has 0 unspecified atom stereocenters. The molecular weight excluding hydrogens is 168 g/mol. The quantitative estimate of drug-likeness (QED) is 0.569. The van der Waals surface area contributed by atoms with E-state index in [2.05, 4.69) is 4.89 Å². The van der Waals surface area contributed by atoms with E-state index < -0.39 is 0 Å². The van der Waals surface area contributed by atoms with Gasteiger partial charge in [0.15, 0.2) is 5.75 Å². The number of carbonyl (C=O) groups excluding carboxylic acids is 1. The summed E-state index contributed by atoms with van der Waals surface area (Å²) in [6.45, 7) is 1.57. The van der Waals surface area contributed by atoms with Gasteiger partial charge in [0.2, 0.25) is 0 Å². The van der Waals surface area contributed by atoms with Crippen LogP contribution in [0, 0.1) is 0 Å². The van der Waals surface area contributed by atoms with Gasteiger partial charge in [-0.15, -0.1) is 0 Å². The zero-order valence-electron chi connectivity index (χ0n) is 7.49. The number of hydrogen-bond donors (Lipinski definition) is 1. The summed E-state index contributed by atoms with van der Waals surface area (Å²) in [7, 11) is 0. The maximum atomic E-state index is 10.7. The van der Waals surface area contributed by atoms with Crippen LogP contribution < -0.4 is 4.89 Å². The van der Waals surface area contributed by atoms with Gasteiger partial charge in [0.1, 0.15) is 5.78 Å². The second-order valence-electron chi connectivity index (χ2n) is 2.94. The van der Waals surface area contributed by atoms with Crippen LogP contribution in [-0.4, -0.2) is 11.0 Å². The number of hydrogen-bond acceptors (Lipinski definition) is 3. The van der Waals surface area contributed by atoms with Gasteiger partial charge < -0.3 is 9.68 Å². The molecule has 1 aromatic carbocycles. The molecule has 1 aromatic rings. The highest BCUT2D eigenvalue weighted by Gasteiger charge is 1.97. The fourth-order valence-electron chi connectivity index (χ4n) is 1.04. The molecule has 1 rings (SSSR count). The molecule has 13 heavy (non-hydrogen) atoms. The summed E-state index contributed by atoms with van der Waals surface area (Å²) in [4.78, 5) is 14.7. The molecule has 1 N–H and O–H groups in total. The smallest absolute Gasteiger partial charge is 0.165 e. The van der Waals surface area contributed by atoms with Gasteiger partial charge >= 0.3 is 0 Å². The lowest BCUT2D eigenvalue weighted by molar-refractivity contribution is -0.137. The second kappa shape index (κ2) is 4.62. The van der Waals surface area contributed by atoms with E-state index in [1.54, 1.807) is 19.1 Å². The van der Waals surface area contributed by atoms with Crippen molar-refractivity contribution in [1.29, 1.82) is 0 Å². The normalized spacial score (nSPS) is 9.69. The molecule has 0 radical (unpaired) electrons. The predicted molar refractivity (Wildman–Crippen MR) is 48.7 cm³/mol. The highest BCUT2D eigenvalue weighted by Crippen LogP contribution is 2.12.